The Morgan fingerprint density at radius 2 is 1.87 bits per heavy atom. The number of hydrogen-bond acceptors (Lipinski definition) is 2. The molecular formula is C21H34O2. The standard InChI is InChI=1S/C21H34O2/c1-7-14-23-20-13-11-17(21(4,5)6)15-19(20)16(8-2)10-12-18(22)9-3/h11,13,15-16H,7-10,12,14H2,1-6H3. The summed E-state index contributed by atoms with van der Waals surface area (Å²) in [6.07, 6.45) is 4.26. The van der Waals surface area contributed by atoms with Crippen molar-refractivity contribution in [2.24, 2.45) is 0 Å². The van der Waals surface area contributed by atoms with Crippen molar-refractivity contribution in [3.05, 3.63) is 29.3 Å². The Bertz CT molecular complexity index is 497. The predicted molar refractivity (Wildman–Crippen MR) is 98.5 cm³/mol. The van der Waals surface area contributed by atoms with Crippen molar-refractivity contribution in [1.82, 2.24) is 0 Å². The highest BCUT2D eigenvalue weighted by atomic mass is 16.5. The lowest BCUT2D eigenvalue weighted by Crippen LogP contribution is -2.13. The van der Waals surface area contributed by atoms with Gasteiger partial charge >= 0.3 is 0 Å². The van der Waals surface area contributed by atoms with Gasteiger partial charge < -0.3 is 4.74 Å². The van der Waals surface area contributed by atoms with Crippen molar-refractivity contribution in [3.8, 4) is 5.75 Å². The maximum absolute atomic E-state index is 11.7. The summed E-state index contributed by atoms with van der Waals surface area (Å²) in [7, 11) is 0. The second-order valence-electron chi connectivity index (χ2n) is 7.39. The van der Waals surface area contributed by atoms with E-state index in [-0.39, 0.29) is 5.41 Å². The maximum Gasteiger partial charge on any atom is 0.132 e. The van der Waals surface area contributed by atoms with Crippen LogP contribution in [0.2, 0.25) is 0 Å². The lowest BCUT2D eigenvalue weighted by Gasteiger charge is -2.25. The lowest BCUT2D eigenvalue weighted by molar-refractivity contribution is -0.118. The molecule has 0 amide bonds. The van der Waals surface area contributed by atoms with E-state index >= 15 is 0 Å². The van der Waals surface area contributed by atoms with E-state index in [0.29, 0.717) is 24.5 Å². The fraction of sp³-hybridized carbons (Fsp3) is 0.667. The van der Waals surface area contributed by atoms with Crippen LogP contribution in [0.3, 0.4) is 0 Å². The predicted octanol–water partition coefficient (Wildman–Crippen LogP) is 6.03. The average Bonchev–Trinajstić information content (AvgIpc) is 2.52. The summed E-state index contributed by atoms with van der Waals surface area (Å²) in [4.78, 5) is 11.7. The summed E-state index contributed by atoms with van der Waals surface area (Å²) < 4.78 is 5.98. The van der Waals surface area contributed by atoms with Gasteiger partial charge in [-0.3, -0.25) is 4.79 Å². The number of ketones is 1. The molecule has 0 aliphatic heterocycles. The highest BCUT2D eigenvalue weighted by Gasteiger charge is 2.20. The molecule has 0 spiro atoms. The molecule has 2 nitrogen and oxygen atoms in total. The molecule has 23 heavy (non-hydrogen) atoms. The lowest BCUT2D eigenvalue weighted by atomic mass is 9.82. The molecule has 0 aromatic heterocycles. The molecule has 0 bridgehead atoms. The highest BCUT2D eigenvalue weighted by Crippen LogP contribution is 2.36. The van der Waals surface area contributed by atoms with E-state index in [1.54, 1.807) is 0 Å². The van der Waals surface area contributed by atoms with Gasteiger partial charge in [0.2, 0.25) is 0 Å². The van der Waals surface area contributed by atoms with Crippen molar-refractivity contribution in [2.45, 2.75) is 85.0 Å². The summed E-state index contributed by atoms with van der Waals surface area (Å²) in [6, 6.07) is 6.60. The molecule has 0 aliphatic rings. The third kappa shape index (κ3) is 6.01. The zero-order chi connectivity index (χ0) is 17.5. The van der Waals surface area contributed by atoms with E-state index in [0.717, 1.165) is 31.6 Å². The number of benzene rings is 1. The number of Topliss-reactive ketones (excluding diaryl/α,β-unsaturated/α-hetero) is 1. The van der Waals surface area contributed by atoms with Crippen LogP contribution in [0.1, 0.15) is 90.7 Å². The molecule has 0 fully saturated rings. The van der Waals surface area contributed by atoms with Gasteiger partial charge in [0.25, 0.3) is 0 Å². The number of carbonyl (C=O) groups is 1. The molecule has 0 saturated heterocycles. The van der Waals surface area contributed by atoms with Gasteiger partial charge in [0.1, 0.15) is 11.5 Å². The molecule has 2 heteroatoms. The van der Waals surface area contributed by atoms with E-state index in [4.69, 9.17) is 4.74 Å². The quantitative estimate of drug-likeness (QED) is 0.556. The van der Waals surface area contributed by atoms with Gasteiger partial charge in [-0.25, -0.2) is 0 Å². The zero-order valence-corrected chi connectivity index (χ0v) is 15.9. The molecule has 1 aromatic rings. The summed E-state index contributed by atoms with van der Waals surface area (Å²) in [5.41, 5.74) is 2.73. The van der Waals surface area contributed by atoms with Crippen molar-refractivity contribution >= 4 is 5.78 Å². The number of carbonyl (C=O) groups excluding carboxylic acids is 1. The Hall–Kier alpha value is -1.31. The first-order chi connectivity index (χ1) is 10.8. The van der Waals surface area contributed by atoms with Gasteiger partial charge in [0, 0.05) is 12.8 Å². The summed E-state index contributed by atoms with van der Waals surface area (Å²) in [6.45, 7) is 13.7. The minimum atomic E-state index is 0.121. The van der Waals surface area contributed by atoms with Crippen LogP contribution in [-0.4, -0.2) is 12.4 Å². The highest BCUT2D eigenvalue weighted by molar-refractivity contribution is 5.78. The van der Waals surface area contributed by atoms with Crippen LogP contribution in [0.4, 0.5) is 0 Å². The van der Waals surface area contributed by atoms with E-state index < -0.39 is 0 Å². The van der Waals surface area contributed by atoms with Crippen LogP contribution in [0.5, 0.6) is 5.75 Å². The molecule has 1 aromatic carbocycles. The van der Waals surface area contributed by atoms with Crippen molar-refractivity contribution < 1.29 is 9.53 Å². The monoisotopic (exact) mass is 318 g/mol. The van der Waals surface area contributed by atoms with E-state index in [1.165, 1.54) is 11.1 Å². The normalized spacial score (nSPS) is 13.0. The molecule has 1 atom stereocenters. The summed E-state index contributed by atoms with van der Waals surface area (Å²) in [5, 5.41) is 0. The van der Waals surface area contributed by atoms with E-state index in [2.05, 4.69) is 52.8 Å². The van der Waals surface area contributed by atoms with E-state index in [1.807, 2.05) is 6.92 Å². The third-order valence-corrected chi connectivity index (χ3v) is 4.44. The molecule has 0 N–H and O–H groups in total. The molecule has 0 radical (unpaired) electrons. The minimum absolute atomic E-state index is 0.121. The maximum atomic E-state index is 11.7. The van der Waals surface area contributed by atoms with Crippen LogP contribution in [0, 0.1) is 0 Å². The summed E-state index contributed by atoms with van der Waals surface area (Å²) in [5.74, 6) is 1.74. The molecule has 0 aliphatic carbocycles. The van der Waals surface area contributed by atoms with Crippen LogP contribution < -0.4 is 4.74 Å². The first-order valence-electron chi connectivity index (χ1n) is 9.12. The van der Waals surface area contributed by atoms with E-state index in [9.17, 15) is 4.79 Å². The SMILES string of the molecule is CCCOc1ccc(C(C)(C)C)cc1C(CC)CCC(=O)CC. The van der Waals surface area contributed by atoms with Crippen LogP contribution in [0.25, 0.3) is 0 Å². The third-order valence-electron chi connectivity index (χ3n) is 4.44. The number of ether oxygens (including phenoxy) is 1. The zero-order valence-electron chi connectivity index (χ0n) is 15.9. The largest absolute Gasteiger partial charge is 0.493 e. The van der Waals surface area contributed by atoms with Gasteiger partial charge in [-0.15, -0.1) is 0 Å². The molecule has 130 valence electrons. The number of rotatable bonds is 9. The van der Waals surface area contributed by atoms with Crippen LogP contribution >= 0.6 is 0 Å². The van der Waals surface area contributed by atoms with Gasteiger partial charge in [-0.2, -0.15) is 0 Å². The number of hydrogen-bond donors (Lipinski definition) is 0. The Balaban J connectivity index is 3.11. The Labute approximate surface area is 142 Å². The molecule has 1 unspecified atom stereocenters. The first kappa shape index (κ1) is 19.7. The summed E-state index contributed by atoms with van der Waals surface area (Å²) >= 11 is 0. The molecular weight excluding hydrogens is 284 g/mol. The molecule has 0 heterocycles. The van der Waals surface area contributed by atoms with Gasteiger partial charge in [-0.1, -0.05) is 53.7 Å². The second-order valence-corrected chi connectivity index (χ2v) is 7.39. The van der Waals surface area contributed by atoms with Gasteiger partial charge in [-0.05, 0) is 47.8 Å². The van der Waals surface area contributed by atoms with Crippen molar-refractivity contribution in [3.63, 3.8) is 0 Å². The Kier molecular flexibility index (Phi) is 7.81. The fourth-order valence-electron chi connectivity index (χ4n) is 2.77. The average molecular weight is 319 g/mol. The van der Waals surface area contributed by atoms with Gasteiger partial charge in [0.15, 0.2) is 0 Å². The first-order valence-corrected chi connectivity index (χ1v) is 9.12. The van der Waals surface area contributed by atoms with Crippen molar-refractivity contribution in [1.29, 1.82) is 0 Å². The molecule has 0 saturated carbocycles. The van der Waals surface area contributed by atoms with Gasteiger partial charge in [0.05, 0.1) is 6.61 Å². The second kappa shape index (κ2) is 9.10. The fourth-order valence-corrected chi connectivity index (χ4v) is 2.77. The van der Waals surface area contributed by atoms with Crippen LogP contribution in [-0.2, 0) is 10.2 Å². The molecule has 1 rings (SSSR count). The minimum Gasteiger partial charge on any atom is -0.493 e. The Morgan fingerprint density at radius 3 is 2.39 bits per heavy atom. The smallest absolute Gasteiger partial charge is 0.132 e. The topological polar surface area (TPSA) is 26.3 Å². The Morgan fingerprint density at radius 1 is 1.17 bits per heavy atom. The van der Waals surface area contributed by atoms with Crippen LogP contribution in [0.15, 0.2) is 18.2 Å². The van der Waals surface area contributed by atoms with Crippen molar-refractivity contribution in [2.75, 3.05) is 6.61 Å².